The zero-order chi connectivity index (χ0) is 19.3. The Morgan fingerprint density at radius 1 is 0.571 bits per heavy atom. The molecule has 0 aliphatic carbocycles. The summed E-state index contributed by atoms with van der Waals surface area (Å²) in [5, 5.41) is 27.8. The Labute approximate surface area is 162 Å². The molecular formula is C25H18O3. The average Bonchev–Trinajstić information content (AvgIpc) is 2.75. The predicted octanol–water partition coefficient (Wildman–Crippen LogP) is 6.23. The molecule has 0 amide bonds. The minimum Gasteiger partial charge on any atom is -0.507 e. The van der Waals surface area contributed by atoms with Crippen LogP contribution in [0.4, 0.5) is 0 Å². The number of aromatic hydroxyl groups is 2. The van der Waals surface area contributed by atoms with Crippen LogP contribution in [0.25, 0.3) is 43.4 Å². The standard InChI is InChI=1S/C25H18O3/c1-28-21-14-15-8-2-3-9-16(15)22(25(21)27)23-19-12-6-4-10-17(19)18-11-5-7-13-20(18)24(23)26/h2-14,26-27H,1H3. The molecule has 0 bridgehead atoms. The Bertz CT molecular complexity index is 1370. The molecule has 2 N–H and O–H groups in total. The van der Waals surface area contributed by atoms with Gasteiger partial charge in [-0.15, -0.1) is 0 Å². The summed E-state index contributed by atoms with van der Waals surface area (Å²) in [6, 6.07) is 25.3. The van der Waals surface area contributed by atoms with Crippen LogP contribution in [0.5, 0.6) is 17.2 Å². The Morgan fingerprint density at radius 2 is 1.07 bits per heavy atom. The molecule has 5 rings (SSSR count). The largest absolute Gasteiger partial charge is 0.507 e. The van der Waals surface area contributed by atoms with E-state index in [1.807, 2.05) is 78.9 Å². The van der Waals surface area contributed by atoms with Gasteiger partial charge in [-0.05, 0) is 33.0 Å². The SMILES string of the molecule is COc1cc2ccccc2c(-c2c(O)c3ccccc3c3ccccc23)c1O. The van der Waals surface area contributed by atoms with Gasteiger partial charge < -0.3 is 14.9 Å². The second-order valence-electron chi connectivity index (χ2n) is 6.84. The minimum absolute atomic E-state index is 0.0249. The Kier molecular flexibility index (Phi) is 3.63. The van der Waals surface area contributed by atoms with Crippen LogP contribution in [0.1, 0.15) is 0 Å². The predicted molar refractivity (Wildman–Crippen MR) is 114 cm³/mol. The van der Waals surface area contributed by atoms with Gasteiger partial charge in [0, 0.05) is 16.5 Å². The summed E-state index contributed by atoms with van der Waals surface area (Å²) >= 11 is 0. The van der Waals surface area contributed by atoms with Crippen LogP contribution in [0.2, 0.25) is 0 Å². The lowest BCUT2D eigenvalue weighted by Crippen LogP contribution is -1.92. The summed E-state index contributed by atoms with van der Waals surface area (Å²) in [7, 11) is 1.53. The van der Waals surface area contributed by atoms with Crippen LogP contribution in [-0.2, 0) is 0 Å². The van der Waals surface area contributed by atoms with Crippen molar-refractivity contribution in [2.75, 3.05) is 7.11 Å². The molecule has 0 radical (unpaired) electrons. The number of methoxy groups -OCH3 is 1. The maximum atomic E-state index is 11.3. The fourth-order valence-corrected chi connectivity index (χ4v) is 4.10. The number of rotatable bonds is 2. The van der Waals surface area contributed by atoms with E-state index in [9.17, 15) is 10.2 Å². The highest BCUT2D eigenvalue weighted by Gasteiger charge is 2.22. The number of phenols is 2. The first kappa shape index (κ1) is 16.5. The van der Waals surface area contributed by atoms with Gasteiger partial charge >= 0.3 is 0 Å². The van der Waals surface area contributed by atoms with Crippen molar-refractivity contribution in [3.63, 3.8) is 0 Å². The quantitative estimate of drug-likeness (QED) is 0.364. The maximum Gasteiger partial charge on any atom is 0.166 e. The summed E-state index contributed by atoms with van der Waals surface area (Å²) in [4.78, 5) is 0. The topological polar surface area (TPSA) is 49.7 Å². The van der Waals surface area contributed by atoms with Crippen LogP contribution in [0.15, 0.2) is 78.9 Å². The highest BCUT2D eigenvalue weighted by atomic mass is 16.5. The summed E-state index contributed by atoms with van der Waals surface area (Å²) < 4.78 is 5.42. The third-order valence-electron chi connectivity index (χ3n) is 5.36. The highest BCUT2D eigenvalue weighted by Crippen LogP contribution is 2.50. The van der Waals surface area contributed by atoms with E-state index >= 15 is 0 Å². The van der Waals surface area contributed by atoms with Gasteiger partial charge in [-0.25, -0.2) is 0 Å². The molecule has 136 valence electrons. The molecule has 0 aliphatic heterocycles. The molecule has 0 spiro atoms. The first-order valence-corrected chi connectivity index (χ1v) is 9.12. The minimum atomic E-state index is 0.0249. The number of fused-ring (bicyclic) bond motifs is 4. The molecule has 0 unspecified atom stereocenters. The number of ether oxygens (including phenoxy) is 1. The molecule has 0 saturated heterocycles. The summed E-state index contributed by atoms with van der Waals surface area (Å²) in [5.74, 6) is 0.560. The van der Waals surface area contributed by atoms with Crippen LogP contribution in [0, 0.1) is 0 Å². The monoisotopic (exact) mass is 366 g/mol. The lowest BCUT2D eigenvalue weighted by molar-refractivity contribution is 0.375. The zero-order valence-electron chi connectivity index (χ0n) is 15.3. The molecule has 0 aromatic heterocycles. The van der Waals surface area contributed by atoms with Crippen molar-refractivity contribution in [3.05, 3.63) is 78.9 Å². The van der Waals surface area contributed by atoms with Crippen molar-refractivity contribution in [2.45, 2.75) is 0 Å². The van der Waals surface area contributed by atoms with Gasteiger partial charge in [-0.3, -0.25) is 0 Å². The molecule has 0 fully saturated rings. The summed E-state index contributed by atoms with van der Waals surface area (Å²) in [5.41, 5.74) is 1.19. The molecule has 3 heteroatoms. The molecule has 5 aromatic rings. The second-order valence-corrected chi connectivity index (χ2v) is 6.84. The average molecular weight is 366 g/mol. The fourth-order valence-electron chi connectivity index (χ4n) is 4.10. The van der Waals surface area contributed by atoms with Crippen LogP contribution < -0.4 is 4.74 Å². The normalized spacial score (nSPS) is 11.3. The van der Waals surface area contributed by atoms with Crippen molar-refractivity contribution in [1.82, 2.24) is 0 Å². The molecule has 5 aromatic carbocycles. The van der Waals surface area contributed by atoms with Crippen molar-refractivity contribution >= 4 is 32.3 Å². The third-order valence-corrected chi connectivity index (χ3v) is 5.36. The second kappa shape index (κ2) is 6.17. The van der Waals surface area contributed by atoms with Gasteiger partial charge in [0.2, 0.25) is 0 Å². The Hall–Kier alpha value is -3.72. The Morgan fingerprint density at radius 3 is 1.75 bits per heavy atom. The number of hydrogen-bond acceptors (Lipinski definition) is 3. The fraction of sp³-hybridized carbons (Fsp3) is 0.0400. The number of hydrogen-bond donors (Lipinski definition) is 2. The van der Waals surface area contributed by atoms with E-state index in [0.717, 1.165) is 32.3 Å². The van der Waals surface area contributed by atoms with Crippen molar-refractivity contribution < 1.29 is 14.9 Å². The van der Waals surface area contributed by atoms with Gasteiger partial charge in [0.25, 0.3) is 0 Å². The first-order valence-electron chi connectivity index (χ1n) is 9.12. The van der Waals surface area contributed by atoms with E-state index in [4.69, 9.17) is 4.74 Å². The number of benzene rings is 5. The van der Waals surface area contributed by atoms with Crippen molar-refractivity contribution in [1.29, 1.82) is 0 Å². The molecule has 0 saturated carbocycles. The van der Waals surface area contributed by atoms with E-state index < -0.39 is 0 Å². The zero-order valence-corrected chi connectivity index (χ0v) is 15.3. The van der Waals surface area contributed by atoms with Gasteiger partial charge in [-0.2, -0.15) is 0 Å². The molecule has 0 atom stereocenters. The molecule has 0 aliphatic rings. The first-order chi connectivity index (χ1) is 13.7. The van der Waals surface area contributed by atoms with Gasteiger partial charge in [0.05, 0.1) is 7.11 Å². The van der Waals surface area contributed by atoms with Crippen LogP contribution in [0.3, 0.4) is 0 Å². The third kappa shape index (κ3) is 2.23. The molecule has 28 heavy (non-hydrogen) atoms. The van der Waals surface area contributed by atoms with Crippen LogP contribution in [-0.4, -0.2) is 17.3 Å². The lowest BCUT2D eigenvalue weighted by Gasteiger charge is -2.18. The van der Waals surface area contributed by atoms with E-state index in [-0.39, 0.29) is 11.5 Å². The lowest BCUT2D eigenvalue weighted by atomic mass is 9.89. The molecule has 0 heterocycles. The Balaban J connectivity index is 2.06. The van der Waals surface area contributed by atoms with Crippen molar-refractivity contribution in [3.8, 4) is 28.4 Å². The van der Waals surface area contributed by atoms with Gasteiger partial charge in [-0.1, -0.05) is 72.8 Å². The van der Waals surface area contributed by atoms with Gasteiger partial charge in [0.15, 0.2) is 11.5 Å². The van der Waals surface area contributed by atoms with E-state index in [1.165, 1.54) is 7.11 Å². The summed E-state index contributed by atoms with van der Waals surface area (Å²) in [6.07, 6.45) is 0. The van der Waals surface area contributed by atoms with E-state index in [1.54, 1.807) is 0 Å². The van der Waals surface area contributed by atoms with Crippen LogP contribution >= 0.6 is 0 Å². The molecular weight excluding hydrogens is 348 g/mol. The summed E-state index contributed by atoms with van der Waals surface area (Å²) in [6.45, 7) is 0. The van der Waals surface area contributed by atoms with E-state index in [0.29, 0.717) is 16.9 Å². The van der Waals surface area contributed by atoms with Crippen molar-refractivity contribution in [2.24, 2.45) is 0 Å². The molecule has 3 nitrogen and oxygen atoms in total. The van der Waals surface area contributed by atoms with E-state index in [2.05, 4.69) is 0 Å². The maximum absolute atomic E-state index is 11.3. The highest BCUT2D eigenvalue weighted by molar-refractivity contribution is 6.20. The van der Waals surface area contributed by atoms with Gasteiger partial charge in [0.1, 0.15) is 5.75 Å². The smallest absolute Gasteiger partial charge is 0.166 e. The number of phenolic OH excluding ortho intramolecular Hbond substituents is 2.